The number of pyridine rings is 1. The summed E-state index contributed by atoms with van der Waals surface area (Å²) in [6.07, 6.45) is 3.91. The molecule has 0 saturated carbocycles. The zero-order valence-electron chi connectivity index (χ0n) is 19.3. The molecule has 1 unspecified atom stereocenters. The SMILES string of the molecule is CCOc1ccc2nc(N3C(=O)C(=O)/C(=C(/O)c4ccncc4)C3c3ccc(CC)cc3)sc2c1. The Bertz CT molecular complexity index is 1440. The summed E-state index contributed by atoms with van der Waals surface area (Å²) in [5, 5.41) is 11.5. The lowest BCUT2D eigenvalue weighted by atomic mass is 9.95. The summed E-state index contributed by atoms with van der Waals surface area (Å²) in [7, 11) is 0. The smallest absolute Gasteiger partial charge is 0.301 e. The summed E-state index contributed by atoms with van der Waals surface area (Å²) in [6, 6.07) is 15.6. The molecule has 1 aliphatic rings. The molecule has 5 rings (SSSR count). The lowest BCUT2D eigenvalue weighted by Gasteiger charge is -2.23. The number of rotatable bonds is 6. The Morgan fingerprint density at radius 1 is 1.06 bits per heavy atom. The lowest BCUT2D eigenvalue weighted by molar-refractivity contribution is -0.132. The molecule has 1 aliphatic heterocycles. The molecule has 1 fully saturated rings. The number of amides is 1. The van der Waals surface area contributed by atoms with Gasteiger partial charge in [-0.3, -0.25) is 19.5 Å². The molecule has 0 spiro atoms. The second kappa shape index (κ2) is 9.31. The maximum atomic E-state index is 13.4. The van der Waals surface area contributed by atoms with Gasteiger partial charge in [-0.15, -0.1) is 0 Å². The molecule has 1 saturated heterocycles. The number of anilines is 1. The van der Waals surface area contributed by atoms with Gasteiger partial charge in [0.1, 0.15) is 11.5 Å². The van der Waals surface area contributed by atoms with Crippen LogP contribution in [0.15, 0.2) is 72.6 Å². The summed E-state index contributed by atoms with van der Waals surface area (Å²) in [5.74, 6) is -1.01. The molecule has 1 amide bonds. The number of carbonyl (C=O) groups is 2. The van der Waals surface area contributed by atoms with Gasteiger partial charge in [0.15, 0.2) is 5.13 Å². The predicted molar refractivity (Wildman–Crippen MR) is 136 cm³/mol. The van der Waals surface area contributed by atoms with E-state index < -0.39 is 17.7 Å². The van der Waals surface area contributed by atoms with E-state index in [0.717, 1.165) is 16.7 Å². The van der Waals surface area contributed by atoms with Crippen LogP contribution in [-0.2, 0) is 16.0 Å². The van der Waals surface area contributed by atoms with E-state index in [-0.39, 0.29) is 11.3 Å². The number of fused-ring (bicyclic) bond motifs is 1. The first-order valence-corrected chi connectivity index (χ1v) is 12.2. The first kappa shape index (κ1) is 22.7. The predicted octanol–water partition coefficient (Wildman–Crippen LogP) is 5.28. The van der Waals surface area contributed by atoms with Gasteiger partial charge >= 0.3 is 5.91 Å². The minimum Gasteiger partial charge on any atom is -0.507 e. The number of aromatic nitrogens is 2. The van der Waals surface area contributed by atoms with Gasteiger partial charge in [-0.1, -0.05) is 42.5 Å². The van der Waals surface area contributed by atoms with Crippen LogP contribution in [0, 0.1) is 0 Å². The zero-order valence-corrected chi connectivity index (χ0v) is 20.1. The van der Waals surface area contributed by atoms with Crippen molar-refractivity contribution in [1.29, 1.82) is 0 Å². The highest BCUT2D eigenvalue weighted by molar-refractivity contribution is 7.22. The van der Waals surface area contributed by atoms with Gasteiger partial charge in [0, 0.05) is 18.0 Å². The number of nitrogens with zero attached hydrogens (tertiary/aromatic N) is 3. The van der Waals surface area contributed by atoms with E-state index in [1.165, 1.54) is 28.6 Å². The monoisotopic (exact) mass is 485 g/mol. The zero-order chi connectivity index (χ0) is 24.5. The molecule has 35 heavy (non-hydrogen) atoms. The van der Waals surface area contributed by atoms with E-state index in [4.69, 9.17) is 4.74 Å². The minimum atomic E-state index is -0.819. The average molecular weight is 486 g/mol. The van der Waals surface area contributed by atoms with Gasteiger partial charge in [0.25, 0.3) is 5.78 Å². The van der Waals surface area contributed by atoms with Crippen LogP contribution in [0.3, 0.4) is 0 Å². The number of aliphatic hydroxyl groups is 1. The Labute approximate surface area is 206 Å². The summed E-state index contributed by atoms with van der Waals surface area (Å²) in [6.45, 7) is 4.51. The number of ether oxygens (including phenoxy) is 1. The fourth-order valence-electron chi connectivity index (χ4n) is 4.20. The molecule has 4 aromatic rings. The Balaban J connectivity index is 1.69. The molecule has 8 heteroatoms. The van der Waals surface area contributed by atoms with E-state index in [9.17, 15) is 14.7 Å². The summed E-state index contributed by atoms with van der Waals surface area (Å²) in [4.78, 5) is 36.7. The maximum Gasteiger partial charge on any atom is 0.301 e. The van der Waals surface area contributed by atoms with Gasteiger partial charge in [0.05, 0.1) is 28.4 Å². The van der Waals surface area contributed by atoms with Gasteiger partial charge in [-0.25, -0.2) is 4.98 Å². The van der Waals surface area contributed by atoms with Crippen molar-refractivity contribution in [3.8, 4) is 5.75 Å². The van der Waals surface area contributed by atoms with Crippen molar-refractivity contribution in [2.75, 3.05) is 11.5 Å². The van der Waals surface area contributed by atoms with Crippen molar-refractivity contribution in [1.82, 2.24) is 9.97 Å². The van der Waals surface area contributed by atoms with Crippen LogP contribution in [0.25, 0.3) is 16.0 Å². The Kier molecular flexibility index (Phi) is 6.05. The third-order valence-electron chi connectivity index (χ3n) is 5.97. The van der Waals surface area contributed by atoms with Crippen molar-refractivity contribution in [2.45, 2.75) is 26.3 Å². The number of hydrogen-bond donors (Lipinski definition) is 1. The van der Waals surface area contributed by atoms with Crippen LogP contribution in [0.1, 0.15) is 36.6 Å². The Morgan fingerprint density at radius 3 is 2.49 bits per heavy atom. The largest absolute Gasteiger partial charge is 0.507 e. The number of hydrogen-bond acceptors (Lipinski definition) is 7. The number of Topliss-reactive ketones (excluding diaryl/α,β-unsaturated/α-hetero) is 1. The van der Waals surface area contributed by atoms with E-state index in [0.29, 0.717) is 34.1 Å². The van der Waals surface area contributed by atoms with Crippen molar-refractivity contribution in [3.63, 3.8) is 0 Å². The third-order valence-corrected chi connectivity index (χ3v) is 6.99. The van der Waals surface area contributed by atoms with Gasteiger partial charge in [-0.2, -0.15) is 0 Å². The van der Waals surface area contributed by atoms with E-state index in [2.05, 4.69) is 16.9 Å². The van der Waals surface area contributed by atoms with Crippen LogP contribution in [0.4, 0.5) is 5.13 Å². The molecule has 7 nitrogen and oxygen atoms in total. The highest BCUT2D eigenvalue weighted by Gasteiger charge is 2.48. The second-order valence-electron chi connectivity index (χ2n) is 8.06. The molecule has 0 radical (unpaired) electrons. The van der Waals surface area contributed by atoms with E-state index in [1.54, 1.807) is 12.1 Å². The van der Waals surface area contributed by atoms with Crippen LogP contribution < -0.4 is 9.64 Å². The third kappa shape index (κ3) is 4.06. The number of aryl methyl sites for hydroxylation is 1. The average Bonchev–Trinajstić information content (AvgIpc) is 3.42. The highest BCUT2D eigenvalue weighted by Crippen LogP contribution is 2.44. The van der Waals surface area contributed by atoms with Crippen LogP contribution in [0.2, 0.25) is 0 Å². The van der Waals surface area contributed by atoms with Crippen molar-refractivity contribution in [2.24, 2.45) is 0 Å². The quantitative estimate of drug-likeness (QED) is 0.227. The van der Waals surface area contributed by atoms with Crippen molar-refractivity contribution >= 4 is 44.1 Å². The minimum absolute atomic E-state index is 0.0275. The van der Waals surface area contributed by atoms with Crippen molar-refractivity contribution < 1.29 is 19.4 Å². The van der Waals surface area contributed by atoms with Gasteiger partial charge in [0.2, 0.25) is 0 Å². The van der Waals surface area contributed by atoms with E-state index >= 15 is 0 Å². The van der Waals surface area contributed by atoms with Crippen molar-refractivity contribution in [3.05, 3.63) is 89.3 Å². The standard InChI is InChI=1S/C27H23N3O4S/c1-3-16-5-7-17(8-6-16)23-22(24(31)18-11-13-28-14-12-18)25(32)26(33)30(23)27-29-20-10-9-19(34-4-2)15-21(20)35-27/h5-15,23,31H,3-4H2,1-2H3/b24-22+. The fraction of sp³-hybridized carbons (Fsp3) is 0.185. The van der Waals surface area contributed by atoms with Crippen LogP contribution >= 0.6 is 11.3 Å². The molecule has 176 valence electrons. The summed E-state index contributed by atoms with van der Waals surface area (Å²) < 4.78 is 6.43. The molecule has 0 bridgehead atoms. The molecule has 1 atom stereocenters. The highest BCUT2D eigenvalue weighted by atomic mass is 32.1. The molecule has 3 heterocycles. The maximum absolute atomic E-state index is 13.4. The number of carbonyl (C=O) groups excluding carboxylic acids is 2. The number of benzene rings is 2. The molecule has 2 aromatic heterocycles. The summed E-state index contributed by atoms with van der Waals surface area (Å²) in [5.41, 5.74) is 2.98. The van der Waals surface area contributed by atoms with Gasteiger partial charge < -0.3 is 9.84 Å². The number of thiazole rings is 1. The molecular formula is C27H23N3O4S. The Hall–Kier alpha value is -4.04. The topological polar surface area (TPSA) is 92.6 Å². The van der Waals surface area contributed by atoms with Crippen LogP contribution in [0.5, 0.6) is 5.75 Å². The van der Waals surface area contributed by atoms with E-state index in [1.807, 2.05) is 49.4 Å². The van der Waals surface area contributed by atoms with Gasteiger partial charge in [-0.05, 0) is 54.8 Å². The normalized spacial score (nSPS) is 17.3. The second-order valence-corrected chi connectivity index (χ2v) is 9.07. The molecular weight excluding hydrogens is 462 g/mol. The summed E-state index contributed by atoms with van der Waals surface area (Å²) >= 11 is 1.30. The fourth-order valence-corrected chi connectivity index (χ4v) is 5.22. The first-order valence-electron chi connectivity index (χ1n) is 11.4. The number of aliphatic hydroxyl groups excluding tert-OH is 1. The number of ketones is 1. The van der Waals surface area contributed by atoms with Crippen LogP contribution in [-0.4, -0.2) is 33.4 Å². The first-order chi connectivity index (χ1) is 17.0. The molecule has 1 N–H and O–H groups in total. The molecule has 0 aliphatic carbocycles. The molecule has 2 aromatic carbocycles. The lowest BCUT2D eigenvalue weighted by Crippen LogP contribution is -2.29. The Morgan fingerprint density at radius 2 is 1.80 bits per heavy atom.